The molecule has 0 bridgehead atoms. The highest BCUT2D eigenvalue weighted by Crippen LogP contribution is 2.27. The Morgan fingerprint density at radius 2 is 1.90 bits per heavy atom. The lowest BCUT2D eigenvalue weighted by Gasteiger charge is -2.33. The van der Waals surface area contributed by atoms with Gasteiger partial charge in [0.1, 0.15) is 5.75 Å². The summed E-state index contributed by atoms with van der Waals surface area (Å²) in [6.45, 7) is 2.08. The molecule has 1 aliphatic carbocycles. The van der Waals surface area contributed by atoms with Crippen LogP contribution in [0.25, 0.3) is 0 Å². The van der Waals surface area contributed by atoms with Gasteiger partial charge >= 0.3 is 0 Å². The molecule has 1 aromatic rings. The van der Waals surface area contributed by atoms with Gasteiger partial charge in [0.05, 0.1) is 6.10 Å². The first-order chi connectivity index (χ1) is 9.81. The van der Waals surface area contributed by atoms with Crippen LogP contribution in [0.2, 0.25) is 0 Å². The van der Waals surface area contributed by atoms with Crippen LogP contribution in [-0.2, 0) is 0 Å². The van der Waals surface area contributed by atoms with Crippen molar-refractivity contribution in [2.24, 2.45) is 5.73 Å². The molecule has 3 nitrogen and oxygen atoms in total. The second-order valence-corrected chi connectivity index (χ2v) is 6.22. The van der Waals surface area contributed by atoms with Crippen molar-refractivity contribution < 1.29 is 4.74 Å². The van der Waals surface area contributed by atoms with Crippen LogP contribution in [0, 0.1) is 0 Å². The average molecular weight is 274 g/mol. The lowest BCUT2D eigenvalue weighted by molar-refractivity contribution is 0.155. The van der Waals surface area contributed by atoms with Crippen molar-refractivity contribution in [3.05, 3.63) is 24.3 Å². The van der Waals surface area contributed by atoms with Gasteiger partial charge in [-0.05, 0) is 50.7 Å². The summed E-state index contributed by atoms with van der Waals surface area (Å²) >= 11 is 0. The van der Waals surface area contributed by atoms with E-state index in [1.807, 2.05) is 0 Å². The smallest absolute Gasteiger partial charge is 0.121 e. The molecule has 1 heterocycles. The van der Waals surface area contributed by atoms with E-state index in [1.165, 1.54) is 44.2 Å². The number of piperidine rings is 1. The Morgan fingerprint density at radius 3 is 2.70 bits per heavy atom. The van der Waals surface area contributed by atoms with Gasteiger partial charge in [-0.3, -0.25) is 0 Å². The standard InChI is InChI=1S/C17H26N2O/c18-14-6-5-11-19(13-14)15-7-4-10-17(12-15)20-16-8-2-1-3-9-16/h4,7,10,12,14,16H,1-3,5-6,8-9,11,13,18H2. The van der Waals surface area contributed by atoms with Crippen LogP contribution in [0.4, 0.5) is 5.69 Å². The molecule has 2 fully saturated rings. The summed E-state index contributed by atoms with van der Waals surface area (Å²) in [6, 6.07) is 8.86. The predicted octanol–water partition coefficient (Wildman–Crippen LogP) is 3.33. The summed E-state index contributed by atoms with van der Waals surface area (Å²) in [5, 5.41) is 0. The molecular formula is C17H26N2O. The highest BCUT2D eigenvalue weighted by atomic mass is 16.5. The molecule has 110 valence electrons. The Balaban J connectivity index is 1.65. The summed E-state index contributed by atoms with van der Waals surface area (Å²) in [6.07, 6.45) is 9.16. The molecule has 1 unspecified atom stereocenters. The molecule has 1 aliphatic heterocycles. The second kappa shape index (κ2) is 6.49. The van der Waals surface area contributed by atoms with E-state index >= 15 is 0 Å². The van der Waals surface area contributed by atoms with Gasteiger partial charge in [0.25, 0.3) is 0 Å². The van der Waals surface area contributed by atoms with Crippen molar-refractivity contribution in [3.8, 4) is 5.75 Å². The number of ether oxygens (including phenoxy) is 1. The van der Waals surface area contributed by atoms with Crippen molar-refractivity contribution in [2.45, 2.75) is 57.1 Å². The number of nitrogens with two attached hydrogens (primary N) is 1. The van der Waals surface area contributed by atoms with Crippen molar-refractivity contribution in [1.82, 2.24) is 0 Å². The first kappa shape index (κ1) is 13.7. The molecule has 0 radical (unpaired) electrons. The maximum absolute atomic E-state index is 6.16. The normalized spacial score (nSPS) is 24.6. The number of benzene rings is 1. The van der Waals surface area contributed by atoms with Crippen molar-refractivity contribution >= 4 is 5.69 Å². The predicted molar refractivity (Wildman–Crippen MR) is 83.4 cm³/mol. The summed E-state index contributed by atoms with van der Waals surface area (Å²) in [5.74, 6) is 1.02. The van der Waals surface area contributed by atoms with E-state index in [-0.39, 0.29) is 0 Å². The fourth-order valence-electron chi connectivity index (χ4n) is 3.37. The maximum atomic E-state index is 6.16. The Labute approximate surface area is 122 Å². The second-order valence-electron chi connectivity index (χ2n) is 6.22. The topological polar surface area (TPSA) is 38.5 Å². The van der Waals surface area contributed by atoms with E-state index in [1.54, 1.807) is 0 Å². The lowest BCUT2D eigenvalue weighted by atomic mass is 9.98. The van der Waals surface area contributed by atoms with Gasteiger partial charge in [0, 0.05) is 30.9 Å². The van der Waals surface area contributed by atoms with Gasteiger partial charge in [-0.1, -0.05) is 12.5 Å². The number of hydrogen-bond donors (Lipinski definition) is 1. The molecule has 3 rings (SSSR count). The quantitative estimate of drug-likeness (QED) is 0.919. The zero-order valence-electron chi connectivity index (χ0n) is 12.3. The monoisotopic (exact) mass is 274 g/mol. The minimum atomic E-state index is 0.312. The molecule has 2 N–H and O–H groups in total. The SMILES string of the molecule is NC1CCCN(c2cccc(OC3CCCCC3)c2)C1. The fourth-order valence-corrected chi connectivity index (χ4v) is 3.37. The van der Waals surface area contributed by atoms with Crippen LogP contribution in [0.15, 0.2) is 24.3 Å². The average Bonchev–Trinajstić information content (AvgIpc) is 2.49. The summed E-state index contributed by atoms with van der Waals surface area (Å²) < 4.78 is 6.16. The Kier molecular flexibility index (Phi) is 4.46. The zero-order chi connectivity index (χ0) is 13.8. The molecule has 0 aromatic heterocycles. The molecular weight excluding hydrogens is 248 g/mol. The van der Waals surface area contributed by atoms with Gasteiger partial charge in [-0.25, -0.2) is 0 Å². The zero-order valence-corrected chi connectivity index (χ0v) is 12.3. The maximum Gasteiger partial charge on any atom is 0.121 e. The van der Waals surface area contributed by atoms with Gasteiger partial charge < -0.3 is 15.4 Å². The molecule has 0 spiro atoms. The molecule has 0 amide bonds. The summed E-state index contributed by atoms with van der Waals surface area (Å²) in [5.41, 5.74) is 7.33. The van der Waals surface area contributed by atoms with Gasteiger partial charge in [-0.2, -0.15) is 0 Å². The van der Waals surface area contributed by atoms with Gasteiger partial charge in [0.15, 0.2) is 0 Å². The van der Waals surface area contributed by atoms with Crippen LogP contribution < -0.4 is 15.4 Å². The molecule has 2 aliphatic rings. The van der Waals surface area contributed by atoms with Crippen molar-refractivity contribution in [3.63, 3.8) is 0 Å². The minimum absolute atomic E-state index is 0.312. The Morgan fingerprint density at radius 1 is 1.05 bits per heavy atom. The van der Waals surface area contributed by atoms with E-state index in [0.29, 0.717) is 12.1 Å². The molecule has 1 saturated heterocycles. The molecule has 3 heteroatoms. The Hall–Kier alpha value is -1.22. The fraction of sp³-hybridized carbons (Fsp3) is 0.647. The van der Waals surface area contributed by atoms with E-state index in [9.17, 15) is 0 Å². The molecule has 1 atom stereocenters. The summed E-state index contributed by atoms with van der Waals surface area (Å²) in [7, 11) is 0. The third-order valence-electron chi connectivity index (χ3n) is 4.50. The summed E-state index contributed by atoms with van der Waals surface area (Å²) in [4.78, 5) is 2.39. The van der Waals surface area contributed by atoms with E-state index in [4.69, 9.17) is 10.5 Å². The van der Waals surface area contributed by atoms with Crippen LogP contribution >= 0.6 is 0 Å². The van der Waals surface area contributed by atoms with E-state index in [0.717, 1.165) is 25.3 Å². The largest absolute Gasteiger partial charge is 0.490 e. The molecule has 1 saturated carbocycles. The number of nitrogens with zero attached hydrogens (tertiary/aromatic N) is 1. The first-order valence-corrected chi connectivity index (χ1v) is 8.08. The minimum Gasteiger partial charge on any atom is -0.490 e. The van der Waals surface area contributed by atoms with Crippen LogP contribution in [-0.4, -0.2) is 25.2 Å². The number of hydrogen-bond acceptors (Lipinski definition) is 3. The van der Waals surface area contributed by atoms with Gasteiger partial charge in [-0.15, -0.1) is 0 Å². The molecule has 1 aromatic carbocycles. The molecule has 20 heavy (non-hydrogen) atoms. The van der Waals surface area contributed by atoms with Crippen molar-refractivity contribution in [2.75, 3.05) is 18.0 Å². The number of anilines is 1. The van der Waals surface area contributed by atoms with Crippen LogP contribution in [0.3, 0.4) is 0 Å². The van der Waals surface area contributed by atoms with E-state index < -0.39 is 0 Å². The van der Waals surface area contributed by atoms with E-state index in [2.05, 4.69) is 29.2 Å². The highest BCUT2D eigenvalue weighted by Gasteiger charge is 2.18. The highest BCUT2D eigenvalue weighted by molar-refractivity contribution is 5.51. The first-order valence-electron chi connectivity index (χ1n) is 8.08. The third-order valence-corrected chi connectivity index (χ3v) is 4.50. The number of rotatable bonds is 3. The van der Waals surface area contributed by atoms with Crippen LogP contribution in [0.5, 0.6) is 5.75 Å². The Bertz CT molecular complexity index is 429. The van der Waals surface area contributed by atoms with Gasteiger partial charge in [0.2, 0.25) is 0 Å². The lowest BCUT2D eigenvalue weighted by Crippen LogP contribution is -2.42. The third kappa shape index (κ3) is 3.45. The van der Waals surface area contributed by atoms with Crippen LogP contribution in [0.1, 0.15) is 44.9 Å². The van der Waals surface area contributed by atoms with Crippen molar-refractivity contribution in [1.29, 1.82) is 0 Å².